The summed E-state index contributed by atoms with van der Waals surface area (Å²) in [5.41, 5.74) is 7.57. The van der Waals surface area contributed by atoms with Crippen LogP contribution in [0.2, 0.25) is 0 Å². The predicted octanol–water partition coefficient (Wildman–Crippen LogP) is 8.45. The van der Waals surface area contributed by atoms with Gasteiger partial charge in [-0.2, -0.15) is 0 Å². The molecule has 0 bridgehead atoms. The van der Waals surface area contributed by atoms with E-state index in [1.807, 2.05) is 11.3 Å². The minimum absolute atomic E-state index is 0.0898. The number of para-hydroxylation sites is 1. The number of rotatable bonds is 4. The van der Waals surface area contributed by atoms with Crippen molar-refractivity contribution in [1.82, 2.24) is 0 Å². The molecule has 2 aliphatic carbocycles. The number of allylic oxidation sites excluding steroid dienone is 4. The van der Waals surface area contributed by atoms with Gasteiger partial charge in [-0.3, -0.25) is 0 Å². The van der Waals surface area contributed by atoms with Crippen LogP contribution in [0.1, 0.15) is 49.2 Å². The van der Waals surface area contributed by atoms with E-state index in [0.717, 1.165) is 24.6 Å². The first-order valence-electron chi connectivity index (χ1n) is 13.0. The summed E-state index contributed by atoms with van der Waals surface area (Å²) in [6.45, 7) is 6.90. The SMILES string of the molecule is CC1(C)COC(c2ccc(-c3ccc(C4=C5CCCC6=C5C(C=C4)CN6c4ccccc4)s3)s2)OC1. The standard InChI is InChI=1S/C31H31NO2S2/c1-31(2)18-33-30(34-19-31)28-16-15-27(36-28)26-14-13-25(35-26)22-12-11-20-17-32(21-7-4-3-5-8-21)24-10-6-9-23(22)29(20)24/h3-5,7-8,11-16,20,30H,6,9-10,17-19H2,1-2H3. The second-order valence-corrected chi connectivity index (χ2v) is 13.2. The summed E-state index contributed by atoms with van der Waals surface area (Å²) in [4.78, 5) is 7.72. The Bertz CT molecular complexity index is 1380. The first-order chi connectivity index (χ1) is 17.6. The third-order valence-corrected chi connectivity index (χ3v) is 10.1. The van der Waals surface area contributed by atoms with Gasteiger partial charge in [0.15, 0.2) is 6.29 Å². The number of benzene rings is 1. The Morgan fingerprint density at radius 3 is 2.44 bits per heavy atom. The van der Waals surface area contributed by atoms with E-state index in [1.165, 1.54) is 45.2 Å². The Hall–Kier alpha value is -2.44. The maximum atomic E-state index is 6.02. The molecule has 0 amide bonds. The summed E-state index contributed by atoms with van der Waals surface area (Å²) >= 11 is 3.71. The molecule has 4 aliphatic rings. The van der Waals surface area contributed by atoms with Crippen molar-refractivity contribution in [2.45, 2.75) is 39.4 Å². The highest BCUT2D eigenvalue weighted by molar-refractivity contribution is 7.22. The van der Waals surface area contributed by atoms with Crippen molar-refractivity contribution < 1.29 is 9.47 Å². The zero-order valence-corrected chi connectivity index (χ0v) is 22.5. The fraction of sp³-hybridized carbons (Fsp3) is 0.355. The van der Waals surface area contributed by atoms with Crippen LogP contribution < -0.4 is 4.90 Å². The van der Waals surface area contributed by atoms with Crippen molar-refractivity contribution in [2.24, 2.45) is 11.3 Å². The monoisotopic (exact) mass is 513 g/mol. The molecule has 0 radical (unpaired) electrons. The van der Waals surface area contributed by atoms with E-state index >= 15 is 0 Å². The Labute approximate surface area is 221 Å². The van der Waals surface area contributed by atoms with Gasteiger partial charge < -0.3 is 14.4 Å². The molecule has 1 aromatic carbocycles. The van der Waals surface area contributed by atoms with E-state index in [1.54, 1.807) is 28.2 Å². The van der Waals surface area contributed by atoms with E-state index in [2.05, 4.69) is 85.5 Å². The fourth-order valence-electron chi connectivity index (χ4n) is 5.93. The summed E-state index contributed by atoms with van der Waals surface area (Å²) in [6.07, 6.45) is 8.21. The maximum absolute atomic E-state index is 6.02. The summed E-state index contributed by atoms with van der Waals surface area (Å²) in [5.74, 6) is 0.513. The zero-order valence-electron chi connectivity index (χ0n) is 20.8. The number of hydrogen-bond donors (Lipinski definition) is 0. The lowest BCUT2D eigenvalue weighted by molar-refractivity contribution is -0.224. The van der Waals surface area contributed by atoms with Gasteiger partial charge >= 0.3 is 0 Å². The molecule has 0 N–H and O–H groups in total. The van der Waals surface area contributed by atoms with Gasteiger partial charge in [0, 0.05) is 43.9 Å². The lowest BCUT2D eigenvalue weighted by atomic mass is 9.79. The van der Waals surface area contributed by atoms with Gasteiger partial charge in [-0.15, -0.1) is 22.7 Å². The summed E-state index contributed by atoms with van der Waals surface area (Å²) in [7, 11) is 0. The molecule has 184 valence electrons. The molecule has 1 fully saturated rings. The minimum Gasteiger partial charge on any atom is -0.347 e. The molecule has 3 nitrogen and oxygen atoms in total. The van der Waals surface area contributed by atoms with Gasteiger partial charge in [0.2, 0.25) is 0 Å². The topological polar surface area (TPSA) is 21.7 Å². The first kappa shape index (κ1) is 22.7. The second-order valence-electron chi connectivity index (χ2n) is 11.0. The molecule has 2 aromatic heterocycles. The Kier molecular flexibility index (Phi) is 5.58. The molecule has 5 heteroatoms. The van der Waals surface area contributed by atoms with Gasteiger partial charge in [0.05, 0.1) is 18.1 Å². The van der Waals surface area contributed by atoms with E-state index < -0.39 is 0 Å². The average molecular weight is 514 g/mol. The minimum atomic E-state index is -0.234. The quantitative estimate of drug-likeness (QED) is 0.349. The molecule has 1 unspecified atom stereocenters. The number of thiophene rings is 2. The molecule has 4 heterocycles. The van der Waals surface area contributed by atoms with Crippen LogP contribution in [0.25, 0.3) is 15.3 Å². The largest absolute Gasteiger partial charge is 0.347 e. The van der Waals surface area contributed by atoms with Crippen molar-refractivity contribution in [1.29, 1.82) is 0 Å². The van der Waals surface area contributed by atoms with Crippen LogP contribution in [0.5, 0.6) is 0 Å². The van der Waals surface area contributed by atoms with Crippen LogP contribution in [-0.4, -0.2) is 19.8 Å². The van der Waals surface area contributed by atoms with Crippen LogP contribution in [0.4, 0.5) is 5.69 Å². The Morgan fingerprint density at radius 2 is 1.61 bits per heavy atom. The second kappa shape index (κ2) is 8.84. The lowest BCUT2D eigenvalue weighted by Crippen LogP contribution is -2.33. The molecular weight excluding hydrogens is 482 g/mol. The molecule has 3 aromatic rings. The van der Waals surface area contributed by atoms with Gasteiger partial charge in [-0.25, -0.2) is 0 Å². The van der Waals surface area contributed by atoms with Crippen LogP contribution >= 0.6 is 22.7 Å². The predicted molar refractivity (Wildman–Crippen MR) is 150 cm³/mol. The van der Waals surface area contributed by atoms with Gasteiger partial charge in [-0.05, 0) is 72.4 Å². The van der Waals surface area contributed by atoms with Crippen molar-refractivity contribution in [3.05, 3.63) is 93.3 Å². The molecule has 7 rings (SSSR count). The number of ether oxygens (including phenoxy) is 2. The third kappa shape index (κ3) is 3.93. The molecule has 1 atom stereocenters. The average Bonchev–Trinajstić information content (AvgIpc) is 3.65. The number of hydrogen-bond acceptors (Lipinski definition) is 5. The molecule has 36 heavy (non-hydrogen) atoms. The van der Waals surface area contributed by atoms with Crippen molar-refractivity contribution in [3.8, 4) is 9.75 Å². The fourth-order valence-corrected chi connectivity index (χ4v) is 8.08. The first-order valence-corrected chi connectivity index (χ1v) is 14.6. The molecule has 0 spiro atoms. The number of nitrogens with zero attached hydrogens (tertiary/aromatic N) is 1. The highest BCUT2D eigenvalue weighted by Crippen LogP contribution is 2.50. The van der Waals surface area contributed by atoms with E-state index in [4.69, 9.17) is 9.47 Å². The van der Waals surface area contributed by atoms with Crippen LogP contribution in [0.3, 0.4) is 0 Å². The van der Waals surface area contributed by atoms with Crippen LogP contribution in [0.15, 0.2) is 83.6 Å². The Morgan fingerprint density at radius 1 is 0.861 bits per heavy atom. The highest BCUT2D eigenvalue weighted by Gasteiger charge is 2.37. The van der Waals surface area contributed by atoms with E-state index in [-0.39, 0.29) is 11.7 Å². The van der Waals surface area contributed by atoms with Crippen LogP contribution in [-0.2, 0) is 9.47 Å². The zero-order chi connectivity index (χ0) is 24.3. The van der Waals surface area contributed by atoms with Crippen molar-refractivity contribution in [2.75, 3.05) is 24.7 Å². The summed E-state index contributed by atoms with van der Waals surface area (Å²) in [5, 5.41) is 0. The van der Waals surface area contributed by atoms with E-state index in [9.17, 15) is 0 Å². The molecule has 1 saturated heterocycles. The highest BCUT2D eigenvalue weighted by atomic mass is 32.1. The molecule has 2 aliphatic heterocycles. The normalized spacial score (nSPS) is 23.5. The Balaban J connectivity index is 1.18. The van der Waals surface area contributed by atoms with Gasteiger partial charge in [0.25, 0.3) is 0 Å². The van der Waals surface area contributed by atoms with Crippen LogP contribution in [0, 0.1) is 11.3 Å². The van der Waals surface area contributed by atoms with Gasteiger partial charge in [0.1, 0.15) is 0 Å². The smallest absolute Gasteiger partial charge is 0.193 e. The van der Waals surface area contributed by atoms with Crippen molar-refractivity contribution >= 4 is 33.9 Å². The number of anilines is 1. The molecular formula is C31H31NO2S2. The summed E-state index contributed by atoms with van der Waals surface area (Å²) in [6, 6.07) is 19.9. The van der Waals surface area contributed by atoms with Crippen molar-refractivity contribution in [3.63, 3.8) is 0 Å². The lowest BCUT2D eigenvalue weighted by Gasteiger charge is -2.34. The molecule has 0 saturated carbocycles. The third-order valence-electron chi connectivity index (χ3n) is 7.66. The summed E-state index contributed by atoms with van der Waals surface area (Å²) < 4.78 is 12.0. The maximum Gasteiger partial charge on any atom is 0.193 e. The van der Waals surface area contributed by atoms with E-state index in [0.29, 0.717) is 5.92 Å². The van der Waals surface area contributed by atoms with Gasteiger partial charge in [-0.1, -0.05) is 44.2 Å².